The van der Waals surface area contributed by atoms with E-state index in [4.69, 9.17) is 44.9 Å². The van der Waals surface area contributed by atoms with Gasteiger partial charge >= 0.3 is 0 Å². The fourth-order valence-corrected chi connectivity index (χ4v) is 5.15. The molecule has 2 fully saturated rings. The molecule has 172 valence electrons. The van der Waals surface area contributed by atoms with Crippen LogP contribution < -0.4 is 14.4 Å². The molecule has 2 aliphatic heterocycles. The normalized spacial score (nSPS) is 17.2. The van der Waals surface area contributed by atoms with Gasteiger partial charge in [0, 0.05) is 13.1 Å². The van der Waals surface area contributed by atoms with Crippen LogP contribution in [0.3, 0.4) is 0 Å². The van der Waals surface area contributed by atoms with Crippen molar-refractivity contribution in [1.29, 1.82) is 0 Å². The maximum absolute atomic E-state index is 13.0. The Kier molecular flexibility index (Phi) is 7.48. The van der Waals surface area contributed by atoms with Gasteiger partial charge in [-0.15, -0.1) is 0 Å². The van der Waals surface area contributed by atoms with E-state index in [0.717, 1.165) is 31.5 Å². The van der Waals surface area contributed by atoms with Crippen molar-refractivity contribution in [1.82, 2.24) is 4.90 Å². The van der Waals surface area contributed by atoms with Crippen molar-refractivity contribution >= 4 is 75.1 Å². The molecule has 10 heteroatoms. The van der Waals surface area contributed by atoms with Gasteiger partial charge in [-0.1, -0.05) is 53.2 Å². The number of amides is 2. The van der Waals surface area contributed by atoms with Gasteiger partial charge in [-0.25, -0.2) is 0 Å². The first-order chi connectivity index (χ1) is 15.9. The third-order valence-corrected chi connectivity index (χ3v) is 7.29. The fraction of sp³-hybridized carbons (Fsp3) is 0.261. The predicted molar refractivity (Wildman–Crippen MR) is 136 cm³/mol. The molecule has 0 atom stereocenters. The second kappa shape index (κ2) is 10.3. The van der Waals surface area contributed by atoms with E-state index >= 15 is 0 Å². The molecular formula is C23H20Cl2N2O4S2. The standard InChI is InChI=1S/C23H20Cl2N2O4S2/c1-30-19-10-14(4-7-18(19)31-13-21(28)26-8-2-3-9-26)11-20-22(29)27(23(32)33-20)15-5-6-16(24)17(25)12-15/h4-7,10-12H,2-3,8-9,13H2,1H3/b20-11-. The molecule has 0 radical (unpaired) electrons. The summed E-state index contributed by atoms with van der Waals surface area (Å²) in [6, 6.07) is 10.2. The number of thioether (sulfide) groups is 1. The molecule has 4 rings (SSSR count). The Labute approximate surface area is 211 Å². The van der Waals surface area contributed by atoms with Crippen molar-refractivity contribution < 1.29 is 19.1 Å². The first-order valence-corrected chi connectivity index (χ1v) is 12.2. The van der Waals surface area contributed by atoms with Crippen molar-refractivity contribution in [3.05, 3.63) is 56.9 Å². The summed E-state index contributed by atoms with van der Waals surface area (Å²) in [4.78, 5) is 29.0. The van der Waals surface area contributed by atoms with Gasteiger partial charge in [0.15, 0.2) is 22.4 Å². The number of methoxy groups -OCH3 is 1. The summed E-state index contributed by atoms with van der Waals surface area (Å²) in [5.74, 6) is 0.645. The van der Waals surface area contributed by atoms with Crippen LogP contribution in [-0.4, -0.2) is 47.8 Å². The summed E-state index contributed by atoms with van der Waals surface area (Å²) in [6.07, 6.45) is 3.79. The topological polar surface area (TPSA) is 59.1 Å². The SMILES string of the molecule is COc1cc(/C=C2\SC(=S)N(c3ccc(Cl)c(Cl)c3)C2=O)ccc1OCC(=O)N1CCCC1. The number of hydrogen-bond acceptors (Lipinski definition) is 6. The Bertz CT molecular complexity index is 1150. The number of benzene rings is 2. The van der Waals surface area contributed by atoms with Crippen LogP contribution in [0.4, 0.5) is 5.69 Å². The maximum atomic E-state index is 13.0. The summed E-state index contributed by atoms with van der Waals surface area (Å²) >= 11 is 18.7. The molecule has 0 unspecified atom stereocenters. The summed E-state index contributed by atoms with van der Waals surface area (Å²) in [5.41, 5.74) is 1.29. The molecule has 2 aromatic carbocycles. The zero-order valence-electron chi connectivity index (χ0n) is 17.7. The first kappa shape index (κ1) is 23.9. The van der Waals surface area contributed by atoms with Crippen LogP contribution in [0.5, 0.6) is 11.5 Å². The van der Waals surface area contributed by atoms with E-state index in [2.05, 4.69) is 0 Å². The van der Waals surface area contributed by atoms with E-state index in [1.54, 1.807) is 47.4 Å². The van der Waals surface area contributed by atoms with Crippen molar-refractivity contribution in [2.75, 3.05) is 31.7 Å². The Morgan fingerprint density at radius 2 is 1.88 bits per heavy atom. The largest absolute Gasteiger partial charge is 0.493 e. The van der Waals surface area contributed by atoms with Gasteiger partial charge in [0.2, 0.25) is 0 Å². The predicted octanol–water partition coefficient (Wildman–Crippen LogP) is 5.41. The Balaban J connectivity index is 1.50. The Hall–Kier alpha value is -2.26. The lowest BCUT2D eigenvalue weighted by Gasteiger charge is -2.16. The van der Waals surface area contributed by atoms with Crippen LogP contribution in [-0.2, 0) is 9.59 Å². The van der Waals surface area contributed by atoms with Crippen LogP contribution in [0.15, 0.2) is 41.3 Å². The number of rotatable bonds is 6. The highest BCUT2D eigenvalue weighted by atomic mass is 35.5. The second-order valence-corrected chi connectivity index (χ2v) is 9.89. The summed E-state index contributed by atoms with van der Waals surface area (Å²) < 4.78 is 11.5. The summed E-state index contributed by atoms with van der Waals surface area (Å²) in [5, 5.41) is 0.744. The molecule has 2 heterocycles. The van der Waals surface area contributed by atoms with Crippen molar-refractivity contribution in [3.8, 4) is 11.5 Å². The van der Waals surface area contributed by atoms with Gasteiger partial charge in [-0.2, -0.15) is 0 Å². The minimum absolute atomic E-state index is 0.0374. The lowest BCUT2D eigenvalue weighted by molar-refractivity contribution is -0.132. The van der Waals surface area contributed by atoms with Crippen molar-refractivity contribution in [2.45, 2.75) is 12.8 Å². The second-order valence-electron chi connectivity index (χ2n) is 7.40. The van der Waals surface area contributed by atoms with Crippen LogP contribution in [0.1, 0.15) is 18.4 Å². The van der Waals surface area contributed by atoms with Crippen molar-refractivity contribution in [3.63, 3.8) is 0 Å². The molecule has 2 aliphatic rings. The molecule has 0 saturated carbocycles. The molecule has 6 nitrogen and oxygen atoms in total. The van der Waals surface area contributed by atoms with Gasteiger partial charge in [0.25, 0.3) is 11.8 Å². The lowest BCUT2D eigenvalue weighted by atomic mass is 10.2. The number of nitrogens with zero attached hydrogens (tertiary/aromatic N) is 2. The highest BCUT2D eigenvalue weighted by Gasteiger charge is 2.33. The van der Waals surface area contributed by atoms with Crippen LogP contribution in [0.25, 0.3) is 6.08 Å². The number of ether oxygens (including phenoxy) is 2. The smallest absolute Gasteiger partial charge is 0.270 e. The monoisotopic (exact) mass is 522 g/mol. The Morgan fingerprint density at radius 3 is 2.58 bits per heavy atom. The average molecular weight is 523 g/mol. The Morgan fingerprint density at radius 1 is 1.12 bits per heavy atom. The number of thiocarbonyl (C=S) groups is 1. The van der Waals surface area contributed by atoms with Crippen LogP contribution >= 0.6 is 47.2 Å². The lowest BCUT2D eigenvalue weighted by Crippen LogP contribution is -2.32. The average Bonchev–Trinajstić information content (AvgIpc) is 3.43. The molecule has 0 aromatic heterocycles. The van der Waals surface area contributed by atoms with E-state index in [1.165, 1.54) is 23.8 Å². The summed E-state index contributed by atoms with van der Waals surface area (Å²) in [7, 11) is 1.53. The molecule has 0 spiro atoms. The molecule has 2 amide bonds. The molecule has 0 N–H and O–H groups in total. The number of carbonyl (C=O) groups excluding carboxylic acids is 2. The first-order valence-electron chi connectivity index (χ1n) is 10.2. The van der Waals surface area contributed by atoms with Crippen LogP contribution in [0, 0.1) is 0 Å². The van der Waals surface area contributed by atoms with Gasteiger partial charge in [0.05, 0.1) is 27.7 Å². The van der Waals surface area contributed by atoms with Crippen molar-refractivity contribution in [2.24, 2.45) is 0 Å². The van der Waals surface area contributed by atoms with Gasteiger partial charge in [0.1, 0.15) is 0 Å². The van der Waals surface area contributed by atoms with Crippen LogP contribution in [0.2, 0.25) is 10.0 Å². The van der Waals surface area contributed by atoms with E-state index < -0.39 is 0 Å². The quantitative estimate of drug-likeness (QED) is 0.373. The number of hydrogen-bond donors (Lipinski definition) is 0. The van der Waals surface area contributed by atoms with E-state index in [9.17, 15) is 9.59 Å². The molecule has 0 aliphatic carbocycles. The third-order valence-electron chi connectivity index (χ3n) is 5.25. The fourth-order valence-electron chi connectivity index (χ4n) is 3.56. The van der Waals surface area contributed by atoms with Gasteiger partial charge < -0.3 is 14.4 Å². The molecule has 0 bridgehead atoms. The molecule has 2 aromatic rings. The maximum Gasteiger partial charge on any atom is 0.270 e. The minimum Gasteiger partial charge on any atom is -0.493 e. The minimum atomic E-state index is -0.251. The number of likely N-dealkylation sites (tertiary alicyclic amines) is 1. The van der Waals surface area contributed by atoms with Gasteiger partial charge in [-0.3, -0.25) is 14.5 Å². The summed E-state index contributed by atoms with van der Waals surface area (Å²) in [6.45, 7) is 1.51. The zero-order valence-corrected chi connectivity index (χ0v) is 20.8. The van der Waals surface area contributed by atoms with Gasteiger partial charge in [-0.05, 0) is 54.8 Å². The van der Waals surface area contributed by atoms with E-state index in [-0.39, 0.29) is 18.4 Å². The number of anilines is 1. The van der Waals surface area contributed by atoms with E-state index in [1.807, 2.05) is 0 Å². The molecular weight excluding hydrogens is 503 g/mol. The highest BCUT2D eigenvalue weighted by Crippen LogP contribution is 2.38. The molecule has 33 heavy (non-hydrogen) atoms. The number of carbonyl (C=O) groups is 2. The van der Waals surface area contributed by atoms with E-state index in [0.29, 0.717) is 36.5 Å². The highest BCUT2D eigenvalue weighted by molar-refractivity contribution is 8.27. The zero-order chi connectivity index (χ0) is 23.5. The third kappa shape index (κ3) is 5.30. The number of halogens is 2. The molecule has 2 saturated heterocycles.